The topological polar surface area (TPSA) is 12.0 Å². The first-order chi connectivity index (χ1) is 9.81. The Kier molecular flexibility index (Phi) is 5.13. The third kappa shape index (κ3) is 3.82. The normalized spacial score (nSPS) is 11.8. The molecule has 2 heteroatoms. The van der Waals surface area contributed by atoms with Crippen molar-refractivity contribution in [3.63, 3.8) is 0 Å². The second-order valence-corrected chi connectivity index (χ2v) is 4.44. The van der Waals surface area contributed by atoms with Crippen LogP contribution in [0.1, 0.15) is 11.1 Å². The van der Waals surface area contributed by atoms with Gasteiger partial charge in [-0.25, -0.2) is 4.39 Å². The minimum atomic E-state index is -0.159. The molecule has 102 valence electrons. The molecule has 0 bridgehead atoms. The summed E-state index contributed by atoms with van der Waals surface area (Å²) in [7, 11) is 1.86. The molecular formula is C18H18FN. The molecule has 2 aromatic carbocycles. The summed E-state index contributed by atoms with van der Waals surface area (Å²) in [6.45, 7) is 0. The molecule has 0 heterocycles. The number of nitrogens with one attached hydrogen (secondary N) is 1. The van der Waals surface area contributed by atoms with Crippen molar-refractivity contribution in [1.82, 2.24) is 5.32 Å². The average Bonchev–Trinajstić information content (AvgIpc) is 2.50. The van der Waals surface area contributed by atoms with Gasteiger partial charge in [0.2, 0.25) is 0 Å². The number of hydrogen-bond donors (Lipinski definition) is 1. The number of benzene rings is 2. The summed E-state index contributed by atoms with van der Waals surface area (Å²) in [6, 6.07) is 17.0. The van der Waals surface area contributed by atoms with Crippen LogP contribution in [-0.4, -0.2) is 7.05 Å². The van der Waals surface area contributed by atoms with Gasteiger partial charge in [-0.05, 0) is 41.5 Å². The van der Waals surface area contributed by atoms with Gasteiger partial charge in [-0.2, -0.15) is 0 Å². The summed E-state index contributed by atoms with van der Waals surface area (Å²) in [6.07, 6.45) is 6.49. The first-order valence-corrected chi connectivity index (χ1v) is 6.64. The van der Waals surface area contributed by atoms with Crippen molar-refractivity contribution in [2.75, 3.05) is 7.05 Å². The van der Waals surface area contributed by atoms with E-state index in [2.05, 4.69) is 5.32 Å². The number of allylic oxidation sites excluding steroid dienone is 3. The monoisotopic (exact) mass is 267 g/mol. The molecule has 0 saturated carbocycles. The van der Waals surface area contributed by atoms with E-state index < -0.39 is 0 Å². The van der Waals surface area contributed by atoms with E-state index in [1.54, 1.807) is 6.07 Å². The maximum absolute atomic E-state index is 13.6. The van der Waals surface area contributed by atoms with E-state index in [1.807, 2.05) is 67.9 Å². The molecule has 0 saturated heterocycles. The molecule has 2 rings (SSSR count). The molecule has 0 aliphatic rings. The smallest absolute Gasteiger partial charge is 0.126 e. The third-order valence-electron chi connectivity index (χ3n) is 3.04. The second-order valence-electron chi connectivity index (χ2n) is 4.44. The highest BCUT2D eigenvalue weighted by Crippen LogP contribution is 2.17. The Morgan fingerprint density at radius 1 is 1.05 bits per heavy atom. The van der Waals surface area contributed by atoms with Crippen molar-refractivity contribution in [2.45, 2.75) is 6.42 Å². The Hall–Kier alpha value is -2.35. The van der Waals surface area contributed by atoms with Crippen LogP contribution in [0.3, 0.4) is 0 Å². The summed E-state index contributed by atoms with van der Waals surface area (Å²) >= 11 is 0. The van der Waals surface area contributed by atoms with Gasteiger partial charge in [-0.15, -0.1) is 0 Å². The largest absolute Gasteiger partial charge is 0.394 e. The molecule has 0 unspecified atom stereocenters. The number of halogens is 1. The molecule has 0 spiro atoms. The van der Waals surface area contributed by atoms with Crippen LogP contribution in [0.2, 0.25) is 0 Å². The second kappa shape index (κ2) is 7.29. The van der Waals surface area contributed by atoms with Crippen molar-refractivity contribution in [2.24, 2.45) is 0 Å². The maximum Gasteiger partial charge on any atom is 0.126 e. The van der Waals surface area contributed by atoms with Gasteiger partial charge in [-0.3, -0.25) is 0 Å². The zero-order valence-corrected chi connectivity index (χ0v) is 11.5. The fourth-order valence-corrected chi connectivity index (χ4v) is 1.97. The van der Waals surface area contributed by atoms with Gasteiger partial charge in [0, 0.05) is 7.05 Å². The zero-order valence-electron chi connectivity index (χ0n) is 11.5. The van der Waals surface area contributed by atoms with Crippen LogP contribution >= 0.6 is 0 Å². The van der Waals surface area contributed by atoms with Crippen molar-refractivity contribution >= 4 is 5.57 Å². The van der Waals surface area contributed by atoms with E-state index >= 15 is 0 Å². The van der Waals surface area contributed by atoms with Crippen molar-refractivity contribution in [3.05, 3.63) is 89.9 Å². The fraction of sp³-hybridized carbons (Fsp3) is 0.111. The molecule has 2 aromatic rings. The summed E-state index contributed by atoms with van der Waals surface area (Å²) < 4.78 is 13.6. The van der Waals surface area contributed by atoms with Gasteiger partial charge in [0.05, 0.1) is 0 Å². The minimum Gasteiger partial charge on any atom is -0.394 e. The molecule has 1 nitrogen and oxygen atoms in total. The standard InChI is InChI=1S/C18H18FN/c1-20-14-13-16(15-7-3-2-4-8-15)11-12-17-9-5-6-10-18(17)19/h2-11,13-14,20H,12H2,1H3/b14-13-,16-11+. The molecule has 0 radical (unpaired) electrons. The van der Waals surface area contributed by atoms with E-state index in [0.717, 1.165) is 11.1 Å². The van der Waals surface area contributed by atoms with E-state index in [4.69, 9.17) is 0 Å². The average molecular weight is 267 g/mol. The van der Waals surface area contributed by atoms with Crippen LogP contribution in [0.15, 0.2) is 72.9 Å². The highest BCUT2D eigenvalue weighted by Gasteiger charge is 2.01. The van der Waals surface area contributed by atoms with Crippen LogP contribution in [0.4, 0.5) is 4.39 Å². The fourth-order valence-electron chi connectivity index (χ4n) is 1.97. The van der Waals surface area contributed by atoms with Crippen LogP contribution < -0.4 is 5.32 Å². The Morgan fingerprint density at radius 3 is 2.45 bits per heavy atom. The lowest BCUT2D eigenvalue weighted by Gasteiger charge is -2.04. The minimum absolute atomic E-state index is 0.159. The van der Waals surface area contributed by atoms with Crippen LogP contribution in [0.25, 0.3) is 5.57 Å². The number of hydrogen-bond acceptors (Lipinski definition) is 1. The Labute approximate surface area is 119 Å². The lowest BCUT2D eigenvalue weighted by Crippen LogP contribution is -1.93. The summed E-state index contributed by atoms with van der Waals surface area (Å²) in [5.74, 6) is -0.159. The van der Waals surface area contributed by atoms with Gasteiger partial charge in [-0.1, -0.05) is 54.6 Å². The molecule has 0 atom stereocenters. The summed E-state index contributed by atoms with van der Waals surface area (Å²) in [5, 5.41) is 2.98. The summed E-state index contributed by atoms with van der Waals surface area (Å²) in [4.78, 5) is 0. The van der Waals surface area contributed by atoms with Crippen LogP contribution in [-0.2, 0) is 6.42 Å². The summed E-state index contributed by atoms with van der Waals surface area (Å²) in [5.41, 5.74) is 2.90. The Morgan fingerprint density at radius 2 is 1.75 bits per heavy atom. The van der Waals surface area contributed by atoms with Crippen molar-refractivity contribution < 1.29 is 4.39 Å². The van der Waals surface area contributed by atoms with Crippen LogP contribution in [0.5, 0.6) is 0 Å². The Balaban J connectivity index is 2.25. The predicted octanol–water partition coefficient (Wildman–Crippen LogP) is 4.18. The van der Waals surface area contributed by atoms with Crippen molar-refractivity contribution in [3.8, 4) is 0 Å². The van der Waals surface area contributed by atoms with E-state index in [0.29, 0.717) is 12.0 Å². The molecule has 0 aliphatic carbocycles. The maximum atomic E-state index is 13.6. The molecule has 1 N–H and O–H groups in total. The predicted molar refractivity (Wildman–Crippen MR) is 82.7 cm³/mol. The molecule has 20 heavy (non-hydrogen) atoms. The highest BCUT2D eigenvalue weighted by molar-refractivity contribution is 5.74. The van der Waals surface area contributed by atoms with E-state index in [1.165, 1.54) is 6.07 Å². The van der Waals surface area contributed by atoms with Gasteiger partial charge >= 0.3 is 0 Å². The van der Waals surface area contributed by atoms with Crippen molar-refractivity contribution in [1.29, 1.82) is 0 Å². The zero-order chi connectivity index (χ0) is 14.2. The lowest BCUT2D eigenvalue weighted by atomic mass is 10.0. The van der Waals surface area contributed by atoms with Gasteiger partial charge in [0.1, 0.15) is 5.82 Å². The SMILES string of the molecule is CN/C=C\C(=C/Cc1ccccc1F)c1ccccc1. The Bertz CT molecular complexity index is 600. The molecule has 0 fully saturated rings. The molecule has 0 amide bonds. The van der Waals surface area contributed by atoms with E-state index in [-0.39, 0.29) is 5.82 Å². The number of rotatable bonds is 5. The van der Waals surface area contributed by atoms with E-state index in [9.17, 15) is 4.39 Å². The first kappa shape index (κ1) is 14.1. The molecular weight excluding hydrogens is 249 g/mol. The first-order valence-electron chi connectivity index (χ1n) is 6.64. The quantitative estimate of drug-likeness (QED) is 0.801. The lowest BCUT2D eigenvalue weighted by molar-refractivity contribution is 0.615. The van der Waals surface area contributed by atoms with Gasteiger partial charge in [0.25, 0.3) is 0 Å². The van der Waals surface area contributed by atoms with Crippen LogP contribution in [0, 0.1) is 5.82 Å². The highest BCUT2D eigenvalue weighted by atomic mass is 19.1. The van der Waals surface area contributed by atoms with Gasteiger partial charge in [0.15, 0.2) is 0 Å². The van der Waals surface area contributed by atoms with Gasteiger partial charge < -0.3 is 5.32 Å². The third-order valence-corrected chi connectivity index (χ3v) is 3.04. The molecule has 0 aliphatic heterocycles. The molecule has 0 aromatic heterocycles.